The first-order valence-corrected chi connectivity index (χ1v) is 13.3. The third-order valence-electron chi connectivity index (χ3n) is 6.69. The Balaban J connectivity index is 1.51. The van der Waals surface area contributed by atoms with Crippen molar-refractivity contribution in [2.45, 2.75) is 64.0 Å². The third kappa shape index (κ3) is 6.16. The number of sulfonamides is 1. The second kappa shape index (κ2) is 10.6. The maximum atomic E-state index is 12.9. The Kier molecular flexibility index (Phi) is 8.23. The number of ether oxygens (including phenoxy) is 1. The average molecular weight is 484 g/mol. The van der Waals surface area contributed by atoms with Gasteiger partial charge in [-0.3, -0.25) is 9.69 Å². The van der Waals surface area contributed by atoms with E-state index < -0.39 is 16.0 Å². The summed E-state index contributed by atoms with van der Waals surface area (Å²) < 4.78 is 37.2. The number of furan rings is 1. The van der Waals surface area contributed by atoms with Gasteiger partial charge in [-0.15, -0.1) is 0 Å². The summed E-state index contributed by atoms with van der Waals surface area (Å²) in [4.78, 5) is 27.0. The van der Waals surface area contributed by atoms with Crippen molar-refractivity contribution in [2.24, 2.45) is 11.8 Å². The predicted molar refractivity (Wildman–Crippen MR) is 123 cm³/mol. The van der Waals surface area contributed by atoms with Crippen LogP contribution in [0.25, 0.3) is 0 Å². The number of carbonyl (C=O) groups excluding carboxylic acids is 2. The number of carbonyl (C=O) groups is 2. The van der Waals surface area contributed by atoms with Gasteiger partial charge in [0.2, 0.25) is 16.8 Å². The van der Waals surface area contributed by atoms with E-state index >= 15 is 0 Å². The van der Waals surface area contributed by atoms with Crippen LogP contribution in [0.3, 0.4) is 0 Å². The van der Waals surface area contributed by atoms with E-state index in [0.717, 1.165) is 13.1 Å². The largest absolute Gasteiger partial charge is 0.460 e. The van der Waals surface area contributed by atoms with Crippen LogP contribution in [-0.2, 0) is 19.6 Å². The van der Waals surface area contributed by atoms with E-state index in [4.69, 9.17) is 9.15 Å². The summed E-state index contributed by atoms with van der Waals surface area (Å²) in [7, 11) is -3.87. The molecule has 3 heterocycles. The van der Waals surface area contributed by atoms with Crippen LogP contribution in [0.15, 0.2) is 21.6 Å². The molecule has 1 aromatic rings. The molecule has 0 radical (unpaired) electrons. The van der Waals surface area contributed by atoms with E-state index in [1.165, 1.54) is 29.3 Å². The van der Waals surface area contributed by atoms with Crippen molar-refractivity contribution in [3.63, 3.8) is 0 Å². The van der Waals surface area contributed by atoms with Gasteiger partial charge >= 0.3 is 5.97 Å². The molecule has 0 bridgehead atoms. The molecule has 9 nitrogen and oxygen atoms in total. The summed E-state index contributed by atoms with van der Waals surface area (Å²) in [6.45, 7) is 11.5. The lowest BCUT2D eigenvalue weighted by Gasteiger charge is -2.43. The quantitative estimate of drug-likeness (QED) is 0.566. The number of nitrogens with zero attached hydrogens (tertiary/aromatic N) is 2. The zero-order valence-electron chi connectivity index (χ0n) is 20.1. The van der Waals surface area contributed by atoms with Gasteiger partial charge in [0.15, 0.2) is 0 Å². The van der Waals surface area contributed by atoms with Crippen molar-refractivity contribution >= 4 is 21.9 Å². The fourth-order valence-electron chi connectivity index (χ4n) is 4.56. The third-order valence-corrected chi connectivity index (χ3v) is 8.46. The van der Waals surface area contributed by atoms with Crippen molar-refractivity contribution in [3.05, 3.63) is 17.9 Å². The number of esters is 1. The first kappa shape index (κ1) is 25.7. The lowest BCUT2D eigenvalue weighted by atomic mass is 9.93. The Labute approximate surface area is 196 Å². The van der Waals surface area contributed by atoms with Crippen molar-refractivity contribution in [1.82, 2.24) is 14.5 Å². The van der Waals surface area contributed by atoms with Gasteiger partial charge in [0, 0.05) is 37.6 Å². The lowest BCUT2D eigenvalue weighted by Crippen LogP contribution is -2.55. The molecule has 10 heteroatoms. The Morgan fingerprint density at radius 2 is 1.88 bits per heavy atom. The van der Waals surface area contributed by atoms with Gasteiger partial charge in [-0.25, -0.2) is 13.2 Å². The highest BCUT2D eigenvalue weighted by molar-refractivity contribution is 7.89. The average Bonchev–Trinajstić information content (AvgIpc) is 3.29. The zero-order valence-corrected chi connectivity index (χ0v) is 20.9. The summed E-state index contributed by atoms with van der Waals surface area (Å²) >= 11 is 0. The Bertz CT molecular complexity index is 934. The summed E-state index contributed by atoms with van der Waals surface area (Å²) in [5, 5.41) is 2.81. The molecule has 2 aliphatic heterocycles. The maximum absolute atomic E-state index is 12.9. The molecule has 1 amide bonds. The van der Waals surface area contributed by atoms with Crippen LogP contribution in [0.1, 0.15) is 63.9 Å². The van der Waals surface area contributed by atoms with Crippen molar-refractivity contribution in [3.8, 4) is 0 Å². The van der Waals surface area contributed by atoms with Crippen LogP contribution in [-0.4, -0.2) is 74.4 Å². The van der Waals surface area contributed by atoms with Gasteiger partial charge < -0.3 is 14.5 Å². The molecular formula is C23H37N3O6S. The highest BCUT2D eigenvalue weighted by Crippen LogP contribution is 2.27. The van der Waals surface area contributed by atoms with E-state index in [2.05, 4.69) is 31.0 Å². The van der Waals surface area contributed by atoms with Crippen LogP contribution in [0.2, 0.25) is 0 Å². The predicted octanol–water partition coefficient (Wildman–Crippen LogP) is 2.48. The number of likely N-dealkylation sites (tertiary alicyclic amines) is 1. The van der Waals surface area contributed by atoms with Crippen molar-refractivity contribution in [2.75, 3.05) is 39.3 Å². The fraction of sp³-hybridized carbons (Fsp3) is 0.739. The molecule has 2 saturated heterocycles. The first-order chi connectivity index (χ1) is 15.5. The van der Waals surface area contributed by atoms with Crippen LogP contribution in [0, 0.1) is 11.8 Å². The van der Waals surface area contributed by atoms with Crippen LogP contribution < -0.4 is 5.32 Å². The molecule has 2 fully saturated rings. The zero-order chi connectivity index (χ0) is 24.2. The molecule has 186 valence electrons. The minimum atomic E-state index is -3.87. The molecule has 3 rings (SSSR count). The maximum Gasteiger partial charge on any atom is 0.374 e. The molecule has 1 unspecified atom stereocenters. The normalized spacial score (nSPS) is 21.6. The van der Waals surface area contributed by atoms with E-state index in [-0.39, 0.29) is 47.9 Å². The number of amides is 1. The highest BCUT2D eigenvalue weighted by atomic mass is 32.2. The van der Waals surface area contributed by atoms with Gasteiger partial charge in [0.1, 0.15) is 0 Å². The Hall–Kier alpha value is -1.91. The summed E-state index contributed by atoms with van der Waals surface area (Å²) in [5.41, 5.74) is -0.121. The van der Waals surface area contributed by atoms with E-state index in [1.807, 2.05) is 0 Å². The standard InChI is InChI=1S/C23H37N3O6S/c1-5-31-22(28)19-8-9-20(32-19)33(29,30)26-13-10-18(11-14-26)21(27)24-16-23(3,4)25-12-6-7-17(2)15-25/h8-9,17-18H,5-7,10-16H2,1-4H3,(H,24,27). The molecule has 1 N–H and O–H groups in total. The van der Waals surface area contributed by atoms with E-state index in [9.17, 15) is 18.0 Å². The Morgan fingerprint density at radius 3 is 2.52 bits per heavy atom. The van der Waals surface area contributed by atoms with E-state index in [1.54, 1.807) is 6.92 Å². The van der Waals surface area contributed by atoms with Gasteiger partial charge in [-0.2, -0.15) is 4.31 Å². The van der Waals surface area contributed by atoms with Gasteiger partial charge in [-0.05, 0) is 71.0 Å². The molecule has 0 aliphatic carbocycles. The number of rotatable bonds is 8. The summed E-state index contributed by atoms with van der Waals surface area (Å²) in [5.74, 6) is -0.416. The molecule has 0 saturated carbocycles. The van der Waals surface area contributed by atoms with Crippen molar-refractivity contribution in [1.29, 1.82) is 0 Å². The molecule has 1 aromatic heterocycles. The molecular weight excluding hydrogens is 446 g/mol. The summed E-state index contributed by atoms with van der Waals surface area (Å²) in [6.07, 6.45) is 3.32. The van der Waals surface area contributed by atoms with Gasteiger partial charge in [0.25, 0.3) is 10.0 Å². The van der Waals surface area contributed by atoms with Gasteiger partial charge in [-0.1, -0.05) is 6.92 Å². The Morgan fingerprint density at radius 1 is 1.18 bits per heavy atom. The number of piperidine rings is 2. The van der Waals surface area contributed by atoms with E-state index in [0.29, 0.717) is 25.3 Å². The van der Waals surface area contributed by atoms with Crippen LogP contribution >= 0.6 is 0 Å². The van der Waals surface area contributed by atoms with Gasteiger partial charge in [0.05, 0.1) is 6.61 Å². The number of hydrogen-bond donors (Lipinski definition) is 1. The molecule has 0 aromatic carbocycles. The molecule has 2 aliphatic rings. The van der Waals surface area contributed by atoms with Crippen LogP contribution in [0.4, 0.5) is 0 Å². The summed E-state index contributed by atoms with van der Waals surface area (Å²) in [6, 6.07) is 2.57. The molecule has 33 heavy (non-hydrogen) atoms. The monoisotopic (exact) mass is 483 g/mol. The molecule has 1 atom stereocenters. The van der Waals surface area contributed by atoms with Crippen molar-refractivity contribution < 1.29 is 27.2 Å². The molecule has 0 spiro atoms. The number of nitrogens with one attached hydrogen (secondary N) is 1. The smallest absolute Gasteiger partial charge is 0.374 e. The lowest BCUT2D eigenvalue weighted by molar-refractivity contribution is -0.126. The minimum absolute atomic E-state index is 0.0206. The second-order valence-electron chi connectivity index (χ2n) is 9.74. The second-order valence-corrected chi connectivity index (χ2v) is 11.6. The fourth-order valence-corrected chi connectivity index (χ4v) is 5.94. The highest BCUT2D eigenvalue weighted by Gasteiger charge is 2.36. The SMILES string of the molecule is CCOC(=O)c1ccc(S(=O)(=O)N2CCC(C(=O)NCC(C)(C)N3CCCC(C)C3)CC2)o1. The topological polar surface area (TPSA) is 109 Å². The number of hydrogen-bond acceptors (Lipinski definition) is 7. The first-order valence-electron chi connectivity index (χ1n) is 11.8. The minimum Gasteiger partial charge on any atom is -0.460 e. The van der Waals surface area contributed by atoms with Crippen LogP contribution in [0.5, 0.6) is 0 Å².